The van der Waals surface area contributed by atoms with Gasteiger partial charge in [0, 0.05) is 34.8 Å². The Labute approximate surface area is 138 Å². The molecule has 0 spiro atoms. The lowest BCUT2D eigenvalue weighted by Gasteiger charge is -2.18. The third-order valence-corrected chi connectivity index (χ3v) is 6.41. The van der Waals surface area contributed by atoms with Gasteiger partial charge in [-0.15, -0.1) is 23.1 Å². The monoisotopic (exact) mass is 330 g/mol. The van der Waals surface area contributed by atoms with E-state index in [1.807, 2.05) is 29.3 Å². The molecule has 0 amide bonds. The minimum absolute atomic E-state index is 0.792. The summed E-state index contributed by atoms with van der Waals surface area (Å²) in [7, 11) is 1.95. The first-order valence-corrected chi connectivity index (χ1v) is 9.36. The number of hydrogen-bond acceptors (Lipinski definition) is 5. The van der Waals surface area contributed by atoms with E-state index < -0.39 is 0 Å². The lowest BCUT2D eigenvalue weighted by atomic mass is 9.89. The lowest BCUT2D eigenvalue weighted by molar-refractivity contribution is 0.509. The first kappa shape index (κ1) is 14.2. The van der Waals surface area contributed by atoms with Crippen LogP contribution in [-0.4, -0.2) is 19.7 Å². The topological polar surface area (TPSA) is 43.6 Å². The highest BCUT2D eigenvalue weighted by molar-refractivity contribution is 7.98. The van der Waals surface area contributed by atoms with Crippen molar-refractivity contribution in [2.24, 2.45) is 13.0 Å². The predicted molar refractivity (Wildman–Crippen MR) is 91.4 cm³/mol. The van der Waals surface area contributed by atoms with E-state index in [4.69, 9.17) is 0 Å². The molecular weight excluding hydrogens is 312 g/mol. The first-order valence-electron chi connectivity index (χ1n) is 7.56. The SMILES string of the molecule is CC1CCc2c(sc3ncnc(SCc4cnn(C)c4)c23)C1. The summed E-state index contributed by atoms with van der Waals surface area (Å²) >= 11 is 3.66. The van der Waals surface area contributed by atoms with Gasteiger partial charge in [0.15, 0.2) is 0 Å². The van der Waals surface area contributed by atoms with E-state index in [-0.39, 0.29) is 0 Å². The molecule has 0 aliphatic heterocycles. The number of fused-ring (bicyclic) bond motifs is 3. The van der Waals surface area contributed by atoms with Crippen LogP contribution in [0.5, 0.6) is 0 Å². The molecule has 3 aromatic heterocycles. The van der Waals surface area contributed by atoms with E-state index in [2.05, 4.69) is 28.2 Å². The van der Waals surface area contributed by atoms with Crippen molar-refractivity contribution in [1.82, 2.24) is 19.7 Å². The molecule has 4 nitrogen and oxygen atoms in total. The molecule has 114 valence electrons. The minimum atomic E-state index is 0.792. The van der Waals surface area contributed by atoms with Crippen LogP contribution >= 0.6 is 23.1 Å². The number of thioether (sulfide) groups is 1. The Hall–Kier alpha value is -1.40. The number of nitrogens with zero attached hydrogens (tertiary/aromatic N) is 4. The third kappa shape index (κ3) is 2.54. The second-order valence-electron chi connectivity index (χ2n) is 6.02. The van der Waals surface area contributed by atoms with Gasteiger partial charge in [-0.1, -0.05) is 6.92 Å². The minimum Gasteiger partial charge on any atom is -0.276 e. The quantitative estimate of drug-likeness (QED) is 0.540. The summed E-state index contributed by atoms with van der Waals surface area (Å²) in [5.74, 6) is 1.70. The van der Waals surface area contributed by atoms with E-state index in [0.717, 1.165) is 21.5 Å². The van der Waals surface area contributed by atoms with Crippen LogP contribution in [0.25, 0.3) is 10.2 Å². The van der Waals surface area contributed by atoms with Crippen LogP contribution in [0, 0.1) is 5.92 Å². The van der Waals surface area contributed by atoms with Crippen LogP contribution < -0.4 is 0 Å². The molecule has 0 saturated heterocycles. The van der Waals surface area contributed by atoms with Crippen LogP contribution in [0.15, 0.2) is 23.7 Å². The van der Waals surface area contributed by atoms with Gasteiger partial charge in [0.2, 0.25) is 0 Å². The molecule has 22 heavy (non-hydrogen) atoms. The number of aryl methyl sites for hydroxylation is 2. The van der Waals surface area contributed by atoms with Gasteiger partial charge < -0.3 is 0 Å². The third-order valence-electron chi connectivity index (χ3n) is 4.19. The number of rotatable bonds is 3. The average molecular weight is 330 g/mol. The molecule has 0 radical (unpaired) electrons. The highest BCUT2D eigenvalue weighted by Crippen LogP contribution is 2.40. The van der Waals surface area contributed by atoms with Gasteiger partial charge in [0.1, 0.15) is 16.2 Å². The molecule has 0 fully saturated rings. The van der Waals surface area contributed by atoms with Gasteiger partial charge >= 0.3 is 0 Å². The zero-order valence-corrected chi connectivity index (χ0v) is 14.4. The Bertz CT molecular complexity index is 821. The maximum Gasteiger partial charge on any atom is 0.128 e. The normalized spacial score (nSPS) is 17.8. The van der Waals surface area contributed by atoms with Crippen molar-refractivity contribution in [1.29, 1.82) is 0 Å². The lowest BCUT2D eigenvalue weighted by Crippen LogP contribution is -2.08. The predicted octanol–water partition coefficient (Wildman–Crippen LogP) is 3.84. The molecule has 1 aliphatic rings. The van der Waals surface area contributed by atoms with Crippen molar-refractivity contribution < 1.29 is 0 Å². The Kier molecular flexibility index (Phi) is 3.66. The van der Waals surface area contributed by atoms with E-state index >= 15 is 0 Å². The molecule has 4 rings (SSSR count). The summed E-state index contributed by atoms with van der Waals surface area (Å²) in [4.78, 5) is 11.7. The van der Waals surface area contributed by atoms with Crippen LogP contribution in [-0.2, 0) is 25.6 Å². The maximum atomic E-state index is 4.56. The van der Waals surface area contributed by atoms with Gasteiger partial charge in [0.05, 0.1) is 6.20 Å². The number of aromatic nitrogens is 4. The molecule has 3 heterocycles. The Morgan fingerprint density at radius 2 is 2.32 bits per heavy atom. The van der Waals surface area contributed by atoms with E-state index in [9.17, 15) is 0 Å². The van der Waals surface area contributed by atoms with Crippen molar-refractivity contribution >= 4 is 33.3 Å². The van der Waals surface area contributed by atoms with Crippen LogP contribution in [0.1, 0.15) is 29.3 Å². The zero-order valence-electron chi connectivity index (χ0n) is 12.7. The maximum absolute atomic E-state index is 4.56. The highest BCUT2D eigenvalue weighted by Gasteiger charge is 2.23. The Morgan fingerprint density at radius 3 is 3.14 bits per heavy atom. The van der Waals surface area contributed by atoms with Crippen LogP contribution in [0.2, 0.25) is 0 Å². The van der Waals surface area contributed by atoms with Crippen molar-refractivity contribution in [3.8, 4) is 0 Å². The summed E-state index contributed by atoms with van der Waals surface area (Å²) < 4.78 is 1.85. The fraction of sp³-hybridized carbons (Fsp3) is 0.438. The highest BCUT2D eigenvalue weighted by atomic mass is 32.2. The van der Waals surface area contributed by atoms with Gasteiger partial charge in [-0.2, -0.15) is 5.10 Å². The van der Waals surface area contributed by atoms with Gasteiger partial charge in [-0.05, 0) is 30.7 Å². The number of hydrogen-bond donors (Lipinski definition) is 0. The molecule has 0 saturated carbocycles. The fourth-order valence-electron chi connectivity index (χ4n) is 3.05. The first-order chi connectivity index (χ1) is 10.7. The second kappa shape index (κ2) is 5.66. The Balaban J connectivity index is 1.68. The molecule has 0 N–H and O–H groups in total. The average Bonchev–Trinajstić information content (AvgIpc) is 3.07. The molecule has 6 heteroatoms. The summed E-state index contributed by atoms with van der Waals surface area (Å²) in [6.07, 6.45) is 9.35. The molecule has 1 atom stereocenters. The summed E-state index contributed by atoms with van der Waals surface area (Å²) in [5, 5.41) is 6.67. The second-order valence-corrected chi connectivity index (χ2v) is 8.07. The summed E-state index contributed by atoms with van der Waals surface area (Å²) in [6.45, 7) is 2.34. The fourth-order valence-corrected chi connectivity index (χ4v) is 5.41. The van der Waals surface area contributed by atoms with Crippen LogP contribution in [0.4, 0.5) is 0 Å². The Morgan fingerprint density at radius 1 is 1.41 bits per heavy atom. The van der Waals surface area contributed by atoms with E-state index in [0.29, 0.717) is 0 Å². The smallest absolute Gasteiger partial charge is 0.128 e. The van der Waals surface area contributed by atoms with E-state index in [1.165, 1.54) is 40.7 Å². The van der Waals surface area contributed by atoms with Gasteiger partial charge in [0.25, 0.3) is 0 Å². The molecule has 1 aliphatic carbocycles. The van der Waals surface area contributed by atoms with Crippen molar-refractivity contribution in [2.75, 3.05) is 0 Å². The molecule has 1 unspecified atom stereocenters. The molecule has 3 aromatic rings. The van der Waals surface area contributed by atoms with E-state index in [1.54, 1.807) is 18.1 Å². The largest absolute Gasteiger partial charge is 0.276 e. The molecular formula is C16H18N4S2. The summed E-state index contributed by atoms with van der Waals surface area (Å²) in [5.41, 5.74) is 2.74. The van der Waals surface area contributed by atoms with Crippen LogP contribution in [0.3, 0.4) is 0 Å². The van der Waals surface area contributed by atoms with Crippen molar-refractivity contribution in [2.45, 2.75) is 37.0 Å². The van der Waals surface area contributed by atoms with Gasteiger partial charge in [-0.25, -0.2) is 9.97 Å². The number of thiophene rings is 1. The molecule has 0 bridgehead atoms. The van der Waals surface area contributed by atoms with Crippen molar-refractivity contribution in [3.63, 3.8) is 0 Å². The zero-order chi connectivity index (χ0) is 15.1. The standard InChI is InChI=1S/C16H18N4S2/c1-10-3-4-12-13(5-10)22-16-14(12)15(17-9-18-16)21-8-11-6-19-20(2)7-11/h6-7,9-10H,3-5,8H2,1-2H3. The summed E-state index contributed by atoms with van der Waals surface area (Å²) in [6, 6.07) is 0. The van der Waals surface area contributed by atoms with Gasteiger partial charge in [-0.3, -0.25) is 4.68 Å². The molecule has 0 aromatic carbocycles. The van der Waals surface area contributed by atoms with Crippen molar-refractivity contribution in [3.05, 3.63) is 34.7 Å².